The number of carbonyl (C=O) groups is 2. The van der Waals surface area contributed by atoms with Crippen LogP contribution in [0.5, 0.6) is 0 Å². The number of benzene rings is 1. The fourth-order valence-electron chi connectivity index (χ4n) is 8.85. The van der Waals surface area contributed by atoms with Gasteiger partial charge in [-0.1, -0.05) is 49.4 Å². The summed E-state index contributed by atoms with van der Waals surface area (Å²) in [6, 6.07) is 9.37. The average molecular weight is 606 g/mol. The molecule has 4 fully saturated rings. The van der Waals surface area contributed by atoms with E-state index >= 15 is 0 Å². The highest BCUT2D eigenvalue weighted by Crippen LogP contribution is 2.47. The lowest BCUT2D eigenvalue weighted by Gasteiger charge is -2.54. The highest BCUT2D eigenvalue weighted by molar-refractivity contribution is 6.00. The molecule has 2 aliphatic heterocycles. The van der Waals surface area contributed by atoms with Crippen LogP contribution in [0.3, 0.4) is 0 Å². The summed E-state index contributed by atoms with van der Waals surface area (Å²) in [6.07, 6.45) is 15.2. The van der Waals surface area contributed by atoms with E-state index in [1.165, 1.54) is 64.2 Å². The quantitative estimate of drug-likeness (QED) is 0.233. The van der Waals surface area contributed by atoms with Crippen molar-refractivity contribution in [2.45, 2.75) is 121 Å². The molecule has 1 aromatic carbocycles. The summed E-state index contributed by atoms with van der Waals surface area (Å²) in [5.41, 5.74) is 6.86. The van der Waals surface area contributed by atoms with Crippen LogP contribution in [-0.4, -0.2) is 63.4 Å². The van der Waals surface area contributed by atoms with Crippen molar-refractivity contribution in [1.29, 1.82) is 0 Å². The molecule has 6 rings (SSSR count). The maximum atomic E-state index is 14.4. The maximum absolute atomic E-state index is 14.4. The monoisotopic (exact) mass is 605 g/mol. The number of primary amides is 1. The maximum Gasteiger partial charge on any atom is 0.306 e. The first kappa shape index (κ1) is 30.7. The van der Waals surface area contributed by atoms with Crippen LogP contribution in [0.2, 0.25) is 0 Å². The van der Waals surface area contributed by atoms with E-state index in [0.717, 1.165) is 30.2 Å². The minimum atomic E-state index is -0.683. The molecule has 0 spiro atoms. The van der Waals surface area contributed by atoms with Crippen molar-refractivity contribution in [3.8, 4) is 0 Å². The van der Waals surface area contributed by atoms with Gasteiger partial charge in [0.1, 0.15) is 5.71 Å². The molecule has 10 heteroatoms. The number of ether oxygens (including phenoxy) is 1. The first-order chi connectivity index (χ1) is 21.4. The summed E-state index contributed by atoms with van der Waals surface area (Å²) in [6.45, 7) is 1.57. The van der Waals surface area contributed by atoms with Crippen LogP contribution < -0.4 is 11.3 Å². The first-order valence-corrected chi connectivity index (χ1v) is 16.8. The zero-order chi connectivity index (χ0) is 30.6. The Hall–Kier alpha value is -3.27. The Morgan fingerprint density at radius 1 is 0.909 bits per heavy atom. The zero-order valence-electron chi connectivity index (χ0n) is 26.0. The smallest absolute Gasteiger partial charge is 0.306 e. The molecule has 2 aromatic rings. The SMILES string of the molecule is CCOC(=O)CC/C(=N\OCC(N)=O)c1nc2ccccc2n(C2C[C@H]3CCC[C@H](C2)N3C2C[C@@H]3CCCC[C@@H](C2)C3)c1=O. The van der Waals surface area contributed by atoms with E-state index in [2.05, 4.69) is 10.1 Å². The number of piperidine rings is 2. The summed E-state index contributed by atoms with van der Waals surface area (Å²) in [5, 5.41) is 4.11. The second-order valence-electron chi connectivity index (χ2n) is 13.4. The molecular weight excluding hydrogens is 558 g/mol. The Bertz CT molecular complexity index is 1410. The van der Waals surface area contributed by atoms with Gasteiger partial charge in [0, 0.05) is 30.6 Å². The van der Waals surface area contributed by atoms with E-state index in [0.29, 0.717) is 23.6 Å². The lowest BCUT2D eigenvalue weighted by molar-refractivity contribution is -0.142. The molecule has 0 radical (unpaired) electrons. The van der Waals surface area contributed by atoms with Crippen molar-refractivity contribution in [1.82, 2.24) is 14.5 Å². The molecule has 238 valence electrons. The third kappa shape index (κ3) is 6.70. The van der Waals surface area contributed by atoms with Crippen molar-refractivity contribution in [2.75, 3.05) is 13.2 Å². The van der Waals surface area contributed by atoms with Gasteiger partial charge in [0.25, 0.3) is 11.5 Å². The van der Waals surface area contributed by atoms with E-state index in [-0.39, 0.29) is 42.5 Å². The van der Waals surface area contributed by atoms with Gasteiger partial charge in [0.15, 0.2) is 12.3 Å². The molecular formula is C34H47N5O5. The van der Waals surface area contributed by atoms with Crippen LogP contribution in [0.15, 0.2) is 34.2 Å². The molecule has 1 amide bonds. The normalized spacial score (nSPS) is 29.2. The van der Waals surface area contributed by atoms with Crippen LogP contribution >= 0.6 is 0 Å². The van der Waals surface area contributed by atoms with E-state index in [1.54, 1.807) is 6.92 Å². The predicted molar refractivity (Wildman–Crippen MR) is 168 cm³/mol. The average Bonchev–Trinajstić information content (AvgIpc) is 3.17. The number of aromatic nitrogens is 2. The molecule has 0 unspecified atom stereocenters. The highest BCUT2D eigenvalue weighted by atomic mass is 16.6. The Kier molecular flexibility index (Phi) is 9.64. The summed E-state index contributed by atoms with van der Waals surface area (Å²) in [7, 11) is 0. The van der Waals surface area contributed by atoms with Crippen LogP contribution in [0.4, 0.5) is 0 Å². The molecule has 10 nitrogen and oxygen atoms in total. The first-order valence-electron chi connectivity index (χ1n) is 16.8. The van der Waals surface area contributed by atoms with Crippen molar-refractivity contribution in [2.24, 2.45) is 22.7 Å². The summed E-state index contributed by atoms with van der Waals surface area (Å²) < 4.78 is 7.05. The van der Waals surface area contributed by atoms with E-state index in [9.17, 15) is 14.4 Å². The van der Waals surface area contributed by atoms with Gasteiger partial charge < -0.3 is 19.9 Å². The second kappa shape index (κ2) is 13.8. The molecule has 3 heterocycles. The summed E-state index contributed by atoms with van der Waals surface area (Å²) in [4.78, 5) is 50.8. The largest absolute Gasteiger partial charge is 0.466 e. The highest BCUT2D eigenvalue weighted by Gasteiger charge is 2.45. The van der Waals surface area contributed by atoms with Crippen molar-refractivity contribution in [3.63, 3.8) is 0 Å². The van der Waals surface area contributed by atoms with Crippen LogP contribution in [-0.2, 0) is 19.2 Å². The van der Waals surface area contributed by atoms with Gasteiger partial charge in [0.05, 0.1) is 24.1 Å². The van der Waals surface area contributed by atoms with Gasteiger partial charge in [0.2, 0.25) is 0 Å². The summed E-state index contributed by atoms with van der Waals surface area (Å²) >= 11 is 0. The molecule has 44 heavy (non-hydrogen) atoms. The number of rotatable bonds is 10. The fourth-order valence-corrected chi connectivity index (χ4v) is 8.85. The van der Waals surface area contributed by atoms with Gasteiger partial charge in [-0.15, -0.1) is 0 Å². The van der Waals surface area contributed by atoms with Gasteiger partial charge in [-0.25, -0.2) is 4.98 Å². The van der Waals surface area contributed by atoms with Crippen LogP contribution in [0.25, 0.3) is 11.0 Å². The third-order valence-corrected chi connectivity index (χ3v) is 10.5. The number of nitrogens with two attached hydrogens (primary N) is 1. The number of fused-ring (bicyclic) bond motifs is 5. The van der Waals surface area contributed by atoms with Crippen molar-refractivity contribution in [3.05, 3.63) is 40.3 Å². The Morgan fingerprint density at radius 2 is 1.61 bits per heavy atom. The van der Waals surface area contributed by atoms with Gasteiger partial charge in [-0.2, -0.15) is 0 Å². The van der Waals surface area contributed by atoms with Crippen LogP contribution in [0.1, 0.15) is 109 Å². The number of nitrogens with zero attached hydrogens (tertiary/aromatic N) is 4. The number of hydrogen-bond donors (Lipinski definition) is 1. The van der Waals surface area contributed by atoms with E-state index in [4.69, 9.17) is 20.3 Å². The second-order valence-corrected chi connectivity index (χ2v) is 13.4. The van der Waals surface area contributed by atoms with Crippen LogP contribution in [0, 0.1) is 11.8 Å². The molecule has 2 N–H and O–H groups in total. The number of hydrogen-bond acceptors (Lipinski definition) is 8. The molecule has 2 saturated carbocycles. The topological polar surface area (TPSA) is 129 Å². The Balaban J connectivity index is 1.33. The van der Waals surface area contributed by atoms with Gasteiger partial charge in [-0.3, -0.25) is 19.3 Å². The number of oxime groups is 1. The van der Waals surface area contributed by atoms with Gasteiger partial charge >= 0.3 is 5.97 Å². The molecule has 1 aromatic heterocycles. The molecule has 2 saturated heterocycles. The lowest BCUT2D eigenvalue weighted by Crippen LogP contribution is -2.58. The van der Waals surface area contributed by atoms with Crippen molar-refractivity contribution >= 4 is 28.6 Å². The summed E-state index contributed by atoms with van der Waals surface area (Å²) in [5.74, 6) is 0.660. The Labute approximate surface area is 259 Å². The molecule has 4 bridgehead atoms. The van der Waals surface area contributed by atoms with E-state index in [1.807, 2.05) is 28.8 Å². The standard InChI is InChI=1S/C34H47N5O5/c1-2-43-32(41)15-14-29(37-44-21-31(35)40)33-34(42)39(30-13-6-5-12-28(30)36-33)27-19-24-10-7-11-25(20-27)38(24)26-17-22-8-3-4-9-23(16-22)18-26/h5-6,12-13,22-27H,2-4,7-11,14-21H2,1H3,(H2,35,40)/b37-29+/t22-,23-,24-,25-/m1/s1. The minimum Gasteiger partial charge on any atom is -0.466 e. The number of esters is 1. The molecule has 4 aliphatic rings. The zero-order valence-corrected chi connectivity index (χ0v) is 26.0. The number of carbonyl (C=O) groups excluding carboxylic acids is 2. The number of amides is 1. The van der Waals surface area contributed by atoms with Crippen molar-refractivity contribution < 1.29 is 19.2 Å². The van der Waals surface area contributed by atoms with Gasteiger partial charge in [-0.05, 0) is 75.8 Å². The lowest BCUT2D eigenvalue weighted by atomic mass is 9.73. The Morgan fingerprint density at radius 3 is 2.30 bits per heavy atom. The predicted octanol–water partition coefficient (Wildman–Crippen LogP) is 4.86. The molecule has 2 aliphatic carbocycles. The third-order valence-electron chi connectivity index (χ3n) is 10.5. The number of para-hydroxylation sites is 2. The minimum absolute atomic E-state index is 0.00641. The molecule has 4 atom stereocenters. The van der Waals surface area contributed by atoms with E-state index < -0.39 is 18.5 Å². The fraction of sp³-hybridized carbons (Fsp3) is 0.676.